The van der Waals surface area contributed by atoms with Gasteiger partial charge in [0, 0.05) is 37.3 Å². The van der Waals surface area contributed by atoms with E-state index in [0.717, 1.165) is 18.1 Å². The van der Waals surface area contributed by atoms with Crippen molar-refractivity contribution >= 4 is 41.3 Å². The van der Waals surface area contributed by atoms with Crippen LogP contribution in [0, 0.1) is 0 Å². The average Bonchev–Trinajstić information content (AvgIpc) is 3.39. The van der Waals surface area contributed by atoms with Gasteiger partial charge in [0.25, 0.3) is 0 Å². The van der Waals surface area contributed by atoms with Crippen molar-refractivity contribution in [2.24, 2.45) is 4.99 Å². The van der Waals surface area contributed by atoms with Crippen LogP contribution in [0.1, 0.15) is 29.3 Å². The van der Waals surface area contributed by atoms with Crippen LogP contribution in [0.4, 0.5) is 0 Å². The maximum Gasteiger partial charge on any atom is 0.213 e. The van der Waals surface area contributed by atoms with Crippen molar-refractivity contribution in [1.82, 2.24) is 20.5 Å². The molecule has 2 aromatic heterocycles. The van der Waals surface area contributed by atoms with Gasteiger partial charge in [-0.3, -0.25) is 9.89 Å². The molecule has 1 fully saturated rings. The van der Waals surface area contributed by atoms with Crippen LogP contribution >= 0.6 is 35.3 Å². The van der Waals surface area contributed by atoms with E-state index in [1.807, 2.05) is 23.5 Å². The van der Waals surface area contributed by atoms with Crippen molar-refractivity contribution in [2.75, 3.05) is 33.8 Å². The Labute approximate surface area is 182 Å². The predicted octanol–water partition coefficient (Wildman–Crippen LogP) is 3.27. The first-order valence-electron chi connectivity index (χ1n) is 9.01. The zero-order chi connectivity index (χ0) is 18.2. The van der Waals surface area contributed by atoms with E-state index in [4.69, 9.17) is 4.74 Å². The van der Waals surface area contributed by atoms with Crippen molar-refractivity contribution in [3.63, 3.8) is 0 Å². The van der Waals surface area contributed by atoms with Crippen molar-refractivity contribution < 1.29 is 4.74 Å². The SMILES string of the molecule is CN=C(NCc1ccnc(OC)c1)NCC(c1cccs1)N1CCCC1.I. The van der Waals surface area contributed by atoms with Crippen molar-refractivity contribution in [3.05, 3.63) is 46.3 Å². The van der Waals surface area contributed by atoms with Gasteiger partial charge in [-0.2, -0.15) is 0 Å². The van der Waals surface area contributed by atoms with Crippen LogP contribution in [0.15, 0.2) is 40.8 Å². The second-order valence-electron chi connectivity index (χ2n) is 6.29. The first-order valence-corrected chi connectivity index (χ1v) is 9.89. The number of nitrogens with zero attached hydrogens (tertiary/aromatic N) is 3. The fraction of sp³-hybridized carbons (Fsp3) is 0.474. The number of aromatic nitrogens is 1. The van der Waals surface area contributed by atoms with Crippen LogP contribution in [0.25, 0.3) is 0 Å². The van der Waals surface area contributed by atoms with Crippen LogP contribution in [-0.2, 0) is 6.54 Å². The highest BCUT2D eigenvalue weighted by Gasteiger charge is 2.24. The number of methoxy groups -OCH3 is 1. The molecule has 2 aromatic rings. The number of hydrogen-bond acceptors (Lipinski definition) is 5. The van der Waals surface area contributed by atoms with Gasteiger partial charge < -0.3 is 15.4 Å². The number of guanidine groups is 1. The van der Waals surface area contributed by atoms with E-state index in [1.54, 1.807) is 20.4 Å². The molecule has 0 amide bonds. The van der Waals surface area contributed by atoms with Crippen molar-refractivity contribution in [3.8, 4) is 5.88 Å². The van der Waals surface area contributed by atoms with Gasteiger partial charge >= 0.3 is 0 Å². The number of thiophene rings is 1. The third kappa shape index (κ3) is 6.32. The molecule has 1 saturated heterocycles. The van der Waals surface area contributed by atoms with Gasteiger partial charge in [0.05, 0.1) is 13.2 Å². The van der Waals surface area contributed by atoms with E-state index in [1.165, 1.54) is 30.8 Å². The topological polar surface area (TPSA) is 61.8 Å². The maximum atomic E-state index is 5.18. The normalized spacial score (nSPS) is 15.9. The lowest BCUT2D eigenvalue weighted by Gasteiger charge is -2.27. The predicted molar refractivity (Wildman–Crippen MR) is 122 cm³/mol. The molecule has 1 atom stereocenters. The van der Waals surface area contributed by atoms with E-state index < -0.39 is 0 Å². The Morgan fingerprint density at radius 3 is 2.81 bits per heavy atom. The van der Waals surface area contributed by atoms with E-state index in [9.17, 15) is 0 Å². The second-order valence-corrected chi connectivity index (χ2v) is 7.27. The van der Waals surface area contributed by atoms with Crippen LogP contribution in [-0.4, -0.2) is 49.6 Å². The van der Waals surface area contributed by atoms with Crippen molar-refractivity contribution in [2.45, 2.75) is 25.4 Å². The monoisotopic (exact) mass is 501 g/mol. The molecule has 148 valence electrons. The average molecular weight is 501 g/mol. The fourth-order valence-electron chi connectivity index (χ4n) is 3.22. The zero-order valence-corrected chi connectivity index (χ0v) is 19.0. The summed E-state index contributed by atoms with van der Waals surface area (Å²) < 4.78 is 5.18. The molecule has 0 aromatic carbocycles. The molecule has 1 aliphatic heterocycles. The summed E-state index contributed by atoms with van der Waals surface area (Å²) in [6.07, 6.45) is 4.34. The zero-order valence-electron chi connectivity index (χ0n) is 15.9. The number of aliphatic imine (C=N–C) groups is 1. The molecule has 0 spiro atoms. The van der Waals surface area contributed by atoms with Crippen LogP contribution in [0.3, 0.4) is 0 Å². The number of halogens is 1. The summed E-state index contributed by atoms with van der Waals surface area (Å²) in [5, 5.41) is 9.01. The minimum absolute atomic E-state index is 0. The largest absolute Gasteiger partial charge is 0.481 e. The summed E-state index contributed by atoms with van der Waals surface area (Å²) in [6, 6.07) is 8.67. The molecule has 2 N–H and O–H groups in total. The summed E-state index contributed by atoms with van der Waals surface area (Å²) in [6.45, 7) is 3.87. The Balaban J connectivity index is 0.00000261. The number of rotatable bonds is 7. The number of pyridine rings is 1. The Morgan fingerprint density at radius 2 is 2.15 bits per heavy atom. The Kier molecular flexibility index (Phi) is 9.29. The van der Waals surface area contributed by atoms with Gasteiger partial charge in [0.15, 0.2) is 5.96 Å². The smallest absolute Gasteiger partial charge is 0.213 e. The minimum Gasteiger partial charge on any atom is -0.481 e. The Hall–Kier alpha value is -1.39. The molecule has 0 radical (unpaired) electrons. The summed E-state index contributed by atoms with van der Waals surface area (Å²) in [7, 11) is 3.43. The highest BCUT2D eigenvalue weighted by molar-refractivity contribution is 14.0. The third-order valence-electron chi connectivity index (χ3n) is 4.61. The fourth-order valence-corrected chi connectivity index (χ4v) is 4.08. The summed E-state index contributed by atoms with van der Waals surface area (Å²) in [5.74, 6) is 1.43. The Bertz CT molecular complexity index is 704. The van der Waals surface area contributed by atoms with Gasteiger partial charge in [0.1, 0.15) is 0 Å². The number of ether oxygens (including phenoxy) is 1. The molecule has 3 rings (SSSR count). The highest BCUT2D eigenvalue weighted by atomic mass is 127. The summed E-state index contributed by atoms with van der Waals surface area (Å²) >= 11 is 1.83. The molecule has 8 heteroatoms. The standard InChI is InChI=1S/C19H27N5OS.HI/c1-20-19(22-13-15-7-8-21-18(12-15)25-2)23-14-16(17-6-5-11-26-17)24-9-3-4-10-24;/h5-8,11-12,16H,3-4,9-10,13-14H2,1-2H3,(H2,20,22,23);1H. The molecule has 0 bridgehead atoms. The Morgan fingerprint density at radius 1 is 1.33 bits per heavy atom. The van der Waals surface area contributed by atoms with Crippen LogP contribution in [0.2, 0.25) is 0 Å². The first-order chi connectivity index (χ1) is 12.8. The lowest BCUT2D eigenvalue weighted by atomic mass is 10.2. The molecule has 3 heterocycles. The summed E-state index contributed by atoms with van der Waals surface area (Å²) in [5.41, 5.74) is 1.11. The first kappa shape index (κ1) is 21.9. The quantitative estimate of drug-likeness (QED) is 0.347. The number of nitrogens with one attached hydrogen (secondary N) is 2. The van der Waals surface area contributed by atoms with Gasteiger partial charge in [-0.05, 0) is 49.0 Å². The minimum atomic E-state index is 0. The lowest BCUT2D eigenvalue weighted by Crippen LogP contribution is -2.42. The highest BCUT2D eigenvalue weighted by Crippen LogP contribution is 2.27. The lowest BCUT2D eigenvalue weighted by molar-refractivity contribution is 0.249. The number of likely N-dealkylation sites (tertiary alicyclic amines) is 1. The molecule has 0 aliphatic carbocycles. The van der Waals surface area contributed by atoms with E-state index in [-0.39, 0.29) is 24.0 Å². The maximum absolute atomic E-state index is 5.18. The molecular formula is C19H28IN5OS. The third-order valence-corrected chi connectivity index (χ3v) is 5.58. The molecule has 0 saturated carbocycles. The molecule has 1 unspecified atom stereocenters. The van der Waals surface area contributed by atoms with Gasteiger partial charge in [-0.15, -0.1) is 35.3 Å². The second kappa shape index (κ2) is 11.5. The van der Waals surface area contributed by atoms with Gasteiger partial charge in [0.2, 0.25) is 5.88 Å². The van der Waals surface area contributed by atoms with E-state index in [2.05, 4.69) is 43.0 Å². The molecule has 6 nitrogen and oxygen atoms in total. The molecular weight excluding hydrogens is 473 g/mol. The van der Waals surface area contributed by atoms with E-state index in [0.29, 0.717) is 18.5 Å². The van der Waals surface area contributed by atoms with Crippen LogP contribution in [0.5, 0.6) is 5.88 Å². The van der Waals surface area contributed by atoms with Crippen molar-refractivity contribution in [1.29, 1.82) is 0 Å². The molecule has 27 heavy (non-hydrogen) atoms. The van der Waals surface area contributed by atoms with Gasteiger partial charge in [-0.1, -0.05) is 6.07 Å². The number of hydrogen-bond donors (Lipinski definition) is 2. The molecule has 1 aliphatic rings. The van der Waals surface area contributed by atoms with Crippen LogP contribution < -0.4 is 15.4 Å². The van der Waals surface area contributed by atoms with Gasteiger partial charge in [-0.25, -0.2) is 4.98 Å². The van der Waals surface area contributed by atoms with E-state index >= 15 is 0 Å². The summed E-state index contributed by atoms with van der Waals surface area (Å²) in [4.78, 5) is 12.5.